The lowest BCUT2D eigenvalue weighted by molar-refractivity contribution is 0.0932. The van der Waals surface area contributed by atoms with Gasteiger partial charge in [0.2, 0.25) is 0 Å². The number of hydrogen-bond donors (Lipinski definition) is 3. The average Bonchev–Trinajstić information content (AvgIpc) is 3.20. The van der Waals surface area contributed by atoms with Gasteiger partial charge in [-0.1, -0.05) is 6.07 Å². The van der Waals surface area contributed by atoms with E-state index in [9.17, 15) is 9.59 Å². The van der Waals surface area contributed by atoms with Crippen LogP contribution in [0.5, 0.6) is 0 Å². The second-order valence-corrected chi connectivity index (χ2v) is 7.60. The molecule has 0 radical (unpaired) electrons. The van der Waals surface area contributed by atoms with E-state index in [1.165, 1.54) is 55.7 Å². The van der Waals surface area contributed by atoms with Crippen molar-refractivity contribution in [1.29, 1.82) is 0 Å². The lowest BCUT2D eigenvalue weighted by Gasteiger charge is -2.25. The zero-order valence-electron chi connectivity index (χ0n) is 16.4. The molecule has 2 aliphatic rings. The molecule has 2 heterocycles. The van der Waals surface area contributed by atoms with E-state index in [0.717, 1.165) is 24.9 Å². The number of hydrazine groups is 1. The molecular weight excluding hydrogens is 368 g/mol. The van der Waals surface area contributed by atoms with Gasteiger partial charge in [0.15, 0.2) is 5.69 Å². The number of benzene rings is 1. The minimum Gasteiger partial charge on any atom is -0.307 e. The molecule has 8 heteroatoms. The van der Waals surface area contributed by atoms with E-state index in [1.54, 1.807) is 6.07 Å². The van der Waals surface area contributed by atoms with Crippen LogP contribution in [0.1, 0.15) is 47.3 Å². The quantitative estimate of drug-likeness (QED) is 0.548. The van der Waals surface area contributed by atoms with Gasteiger partial charge in [0, 0.05) is 17.9 Å². The van der Waals surface area contributed by atoms with Gasteiger partial charge in [-0.2, -0.15) is 5.10 Å². The van der Waals surface area contributed by atoms with E-state index in [2.05, 4.69) is 37.3 Å². The summed E-state index contributed by atoms with van der Waals surface area (Å²) in [6.07, 6.45) is 8.59. The summed E-state index contributed by atoms with van der Waals surface area (Å²) in [6.45, 7) is 2.46. The molecule has 2 aromatic rings. The average molecular weight is 394 g/mol. The highest BCUT2D eigenvalue weighted by atomic mass is 16.2. The monoisotopic (exact) mass is 394 g/mol. The number of fused-ring (bicyclic) bond motifs is 1. The summed E-state index contributed by atoms with van der Waals surface area (Å²) in [5.74, 6) is -0.525. The van der Waals surface area contributed by atoms with Crippen molar-refractivity contribution < 1.29 is 9.59 Å². The van der Waals surface area contributed by atoms with E-state index in [4.69, 9.17) is 0 Å². The number of nitrogens with one attached hydrogen (secondary N) is 3. The normalized spacial score (nSPS) is 19.1. The maximum atomic E-state index is 12.1. The van der Waals surface area contributed by atoms with E-state index < -0.39 is 11.9 Å². The first-order chi connectivity index (χ1) is 14.2. The lowest BCUT2D eigenvalue weighted by Crippen LogP contribution is -2.44. The zero-order valence-corrected chi connectivity index (χ0v) is 16.4. The lowest BCUT2D eigenvalue weighted by atomic mass is 10.0. The zero-order chi connectivity index (χ0) is 20.1. The van der Waals surface area contributed by atoms with Crippen LogP contribution in [0.4, 0.5) is 10.5 Å². The number of nitrogens with zero attached hydrogens (tertiary/aromatic N) is 3. The van der Waals surface area contributed by atoms with Crippen molar-refractivity contribution >= 4 is 17.6 Å². The molecule has 0 bridgehead atoms. The number of rotatable bonds is 3. The first kappa shape index (κ1) is 19.3. The maximum absolute atomic E-state index is 12.1. The van der Waals surface area contributed by atoms with Crippen LogP contribution in [0.2, 0.25) is 0 Å². The van der Waals surface area contributed by atoms with Crippen LogP contribution in [0, 0.1) is 0 Å². The van der Waals surface area contributed by atoms with Crippen LogP contribution in [0.3, 0.4) is 0 Å². The molecular formula is C21H26N6O2. The Morgan fingerprint density at radius 2 is 1.79 bits per heavy atom. The molecule has 4 rings (SSSR count). The van der Waals surface area contributed by atoms with Crippen LogP contribution in [0.15, 0.2) is 36.5 Å². The molecule has 1 aliphatic heterocycles. The van der Waals surface area contributed by atoms with Crippen molar-refractivity contribution in [1.82, 2.24) is 25.9 Å². The summed E-state index contributed by atoms with van der Waals surface area (Å²) in [5, 5.41) is 10.1. The fraction of sp³-hybridized carbons (Fsp3) is 0.429. The van der Waals surface area contributed by atoms with Crippen molar-refractivity contribution in [2.75, 3.05) is 18.4 Å². The van der Waals surface area contributed by atoms with Gasteiger partial charge < -0.3 is 10.2 Å². The molecule has 0 spiro atoms. The Labute approximate surface area is 170 Å². The molecule has 152 valence electrons. The largest absolute Gasteiger partial charge is 0.337 e. The molecule has 1 aromatic carbocycles. The second-order valence-electron chi connectivity index (χ2n) is 7.60. The van der Waals surface area contributed by atoms with Crippen LogP contribution in [0.25, 0.3) is 0 Å². The summed E-state index contributed by atoms with van der Waals surface area (Å²) < 4.78 is 0. The Kier molecular flexibility index (Phi) is 6.00. The molecule has 3 N–H and O–H groups in total. The number of carbonyl (C=O) groups is 2. The number of hydrogen-bond acceptors (Lipinski definition) is 5. The molecule has 1 saturated heterocycles. The summed E-state index contributed by atoms with van der Waals surface area (Å²) in [7, 11) is 0. The highest BCUT2D eigenvalue weighted by molar-refractivity contribution is 5.95. The van der Waals surface area contributed by atoms with Crippen molar-refractivity contribution in [3.63, 3.8) is 0 Å². The Hall–Kier alpha value is -3.00. The second kappa shape index (κ2) is 9.00. The molecule has 8 nitrogen and oxygen atoms in total. The Morgan fingerprint density at radius 1 is 1.00 bits per heavy atom. The number of amides is 3. The number of carbonyl (C=O) groups excluding carboxylic acids is 2. The molecule has 1 fully saturated rings. The summed E-state index contributed by atoms with van der Waals surface area (Å²) in [6, 6.07) is 9.35. The topological polar surface area (TPSA) is 99.2 Å². The number of likely N-dealkylation sites (tertiary alicyclic amines) is 1. The number of aromatic nitrogens is 2. The van der Waals surface area contributed by atoms with Gasteiger partial charge in [0.25, 0.3) is 5.91 Å². The van der Waals surface area contributed by atoms with Crippen LogP contribution < -0.4 is 16.2 Å². The first-order valence-corrected chi connectivity index (χ1v) is 10.2. The molecule has 29 heavy (non-hydrogen) atoms. The standard InChI is InChI=1S/C21H26N6O2/c28-20(19-4-3-11-22-24-19)25-26-21(29)23-17-8-5-15-6-9-18(10-7-16(15)14-17)27-12-1-2-13-27/h3-5,8,11,14,18H,1-2,6-7,9-10,12-13H2,(H,25,28)(H2,23,26,29). The summed E-state index contributed by atoms with van der Waals surface area (Å²) in [4.78, 5) is 26.7. The SMILES string of the molecule is O=C(NNC(=O)c1cccnn1)Nc1ccc2c(c1)CCC(N1CCCC1)CC2. The fourth-order valence-corrected chi connectivity index (χ4v) is 4.20. The first-order valence-electron chi connectivity index (χ1n) is 10.2. The van der Waals surface area contributed by atoms with Gasteiger partial charge in [-0.25, -0.2) is 10.2 Å². The molecule has 1 aliphatic carbocycles. The Balaban J connectivity index is 1.31. The van der Waals surface area contributed by atoms with E-state index in [0.29, 0.717) is 6.04 Å². The Morgan fingerprint density at radius 3 is 2.55 bits per heavy atom. The molecule has 1 unspecified atom stereocenters. The van der Waals surface area contributed by atoms with Gasteiger partial charge in [0.05, 0.1) is 0 Å². The van der Waals surface area contributed by atoms with Crippen LogP contribution in [-0.4, -0.2) is 46.2 Å². The van der Waals surface area contributed by atoms with E-state index in [-0.39, 0.29) is 5.69 Å². The number of aryl methyl sites for hydroxylation is 2. The third-order valence-electron chi connectivity index (χ3n) is 5.71. The van der Waals surface area contributed by atoms with E-state index in [1.807, 2.05) is 12.1 Å². The fourth-order valence-electron chi connectivity index (χ4n) is 4.20. The minimum absolute atomic E-state index is 0.130. The summed E-state index contributed by atoms with van der Waals surface area (Å²) in [5.41, 5.74) is 8.18. The third kappa shape index (κ3) is 4.89. The smallest absolute Gasteiger partial charge is 0.307 e. The molecule has 0 saturated carbocycles. The van der Waals surface area contributed by atoms with Gasteiger partial charge in [-0.15, -0.1) is 5.10 Å². The minimum atomic E-state index is -0.525. The van der Waals surface area contributed by atoms with Gasteiger partial charge in [-0.3, -0.25) is 10.2 Å². The predicted octanol–water partition coefficient (Wildman–Crippen LogP) is 2.29. The van der Waals surface area contributed by atoms with E-state index >= 15 is 0 Å². The molecule has 3 amide bonds. The Bertz CT molecular complexity index is 867. The van der Waals surface area contributed by atoms with Gasteiger partial charge in [-0.05, 0) is 87.0 Å². The van der Waals surface area contributed by atoms with Crippen LogP contribution in [-0.2, 0) is 12.8 Å². The van der Waals surface area contributed by atoms with Crippen LogP contribution >= 0.6 is 0 Å². The number of anilines is 1. The van der Waals surface area contributed by atoms with Gasteiger partial charge in [0.1, 0.15) is 0 Å². The van der Waals surface area contributed by atoms with Crippen molar-refractivity contribution in [3.05, 3.63) is 53.3 Å². The van der Waals surface area contributed by atoms with Gasteiger partial charge >= 0.3 is 6.03 Å². The molecule has 1 aromatic heterocycles. The van der Waals surface area contributed by atoms with Crippen molar-refractivity contribution in [3.8, 4) is 0 Å². The third-order valence-corrected chi connectivity index (χ3v) is 5.71. The number of urea groups is 1. The summed E-state index contributed by atoms with van der Waals surface area (Å²) >= 11 is 0. The maximum Gasteiger partial charge on any atom is 0.337 e. The predicted molar refractivity (Wildman–Crippen MR) is 109 cm³/mol. The highest BCUT2D eigenvalue weighted by Crippen LogP contribution is 2.27. The molecule has 1 atom stereocenters. The highest BCUT2D eigenvalue weighted by Gasteiger charge is 2.24. The van der Waals surface area contributed by atoms with Crippen molar-refractivity contribution in [2.45, 2.75) is 44.6 Å². The van der Waals surface area contributed by atoms with Crippen molar-refractivity contribution in [2.24, 2.45) is 0 Å².